The summed E-state index contributed by atoms with van der Waals surface area (Å²) in [4.78, 5) is 10.6. The Balaban J connectivity index is 3.26. The van der Waals surface area contributed by atoms with E-state index < -0.39 is 12.8 Å². The summed E-state index contributed by atoms with van der Waals surface area (Å²) >= 11 is 0. The van der Waals surface area contributed by atoms with Crippen LogP contribution in [0.1, 0.15) is 13.8 Å². The van der Waals surface area contributed by atoms with Crippen molar-refractivity contribution in [1.29, 1.82) is 0 Å². The highest BCUT2D eigenvalue weighted by atomic mass is 16.6. The van der Waals surface area contributed by atoms with Gasteiger partial charge in [-0.3, -0.25) is 0 Å². The lowest BCUT2D eigenvalue weighted by Gasteiger charge is -2.06. The van der Waals surface area contributed by atoms with Crippen LogP contribution in [0.2, 0.25) is 0 Å². The summed E-state index contributed by atoms with van der Waals surface area (Å²) in [6.07, 6.45) is -0.130. The van der Waals surface area contributed by atoms with Crippen molar-refractivity contribution in [3.05, 3.63) is 0 Å². The van der Waals surface area contributed by atoms with Gasteiger partial charge in [0.2, 0.25) is 0 Å². The molecule has 4 nitrogen and oxygen atoms in total. The van der Waals surface area contributed by atoms with E-state index in [-0.39, 0.29) is 12.7 Å². The summed E-state index contributed by atoms with van der Waals surface area (Å²) < 4.78 is 9.05. The van der Waals surface area contributed by atoms with Crippen molar-refractivity contribution in [2.45, 2.75) is 20.0 Å². The van der Waals surface area contributed by atoms with Gasteiger partial charge in [0.25, 0.3) is 0 Å². The summed E-state index contributed by atoms with van der Waals surface area (Å²) in [5.41, 5.74) is 0. The molecule has 0 amide bonds. The Kier molecular flexibility index (Phi) is 4.88. The quantitative estimate of drug-likeness (QED) is 0.447. The summed E-state index contributed by atoms with van der Waals surface area (Å²) in [7, 11) is 0. The van der Waals surface area contributed by atoms with Crippen molar-refractivity contribution < 1.29 is 19.4 Å². The third kappa shape index (κ3) is 5.53. The minimum Gasteiger partial charge on any atom is -0.461 e. The fourth-order valence-corrected chi connectivity index (χ4v) is 0.426. The molecule has 0 bridgehead atoms. The predicted octanol–water partition coefficient (Wildman–Crippen LogP) is -0.0956. The molecular weight excluding hydrogens is 136 g/mol. The minimum atomic E-state index is -0.455. The Hall–Kier alpha value is -0.610. The van der Waals surface area contributed by atoms with Crippen molar-refractivity contribution in [2.24, 2.45) is 0 Å². The molecule has 0 saturated carbocycles. The maximum Gasteiger partial charge on any atom is 0.332 e. The molecule has 0 atom stereocenters. The van der Waals surface area contributed by atoms with Crippen LogP contribution < -0.4 is 0 Å². The van der Waals surface area contributed by atoms with Crippen molar-refractivity contribution >= 4 is 5.97 Å². The molecule has 0 aliphatic carbocycles. The lowest BCUT2D eigenvalue weighted by Crippen LogP contribution is -2.17. The van der Waals surface area contributed by atoms with Gasteiger partial charge in [0.15, 0.2) is 0 Å². The van der Waals surface area contributed by atoms with E-state index >= 15 is 0 Å². The van der Waals surface area contributed by atoms with Crippen LogP contribution in [0.4, 0.5) is 0 Å². The minimum absolute atomic E-state index is 0.130. The Labute approximate surface area is 59.7 Å². The zero-order valence-electron chi connectivity index (χ0n) is 6.16. The van der Waals surface area contributed by atoms with Gasteiger partial charge in [0.1, 0.15) is 13.4 Å². The van der Waals surface area contributed by atoms with Gasteiger partial charge >= 0.3 is 5.97 Å². The molecule has 0 aromatic carbocycles. The molecule has 0 saturated heterocycles. The van der Waals surface area contributed by atoms with Crippen LogP contribution in [0.15, 0.2) is 0 Å². The standard InChI is InChI=1S/C6H12O4/c1-5(2)10-6(8)3-9-4-7/h5,7H,3-4H2,1-2H3. The van der Waals surface area contributed by atoms with E-state index in [4.69, 9.17) is 5.11 Å². The first-order valence-electron chi connectivity index (χ1n) is 3.05. The zero-order chi connectivity index (χ0) is 7.98. The van der Waals surface area contributed by atoms with Crippen molar-refractivity contribution in [3.63, 3.8) is 0 Å². The molecule has 0 heterocycles. The van der Waals surface area contributed by atoms with Crippen molar-refractivity contribution in [2.75, 3.05) is 13.4 Å². The lowest BCUT2D eigenvalue weighted by atomic mass is 10.5. The molecule has 4 heteroatoms. The number of carbonyl (C=O) groups is 1. The van der Waals surface area contributed by atoms with Crippen LogP contribution in [-0.2, 0) is 14.3 Å². The molecule has 0 aliphatic rings. The highest BCUT2D eigenvalue weighted by Crippen LogP contribution is 1.88. The van der Waals surface area contributed by atoms with Crippen LogP contribution in [0.5, 0.6) is 0 Å². The van der Waals surface area contributed by atoms with Crippen molar-refractivity contribution in [1.82, 2.24) is 0 Å². The first kappa shape index (κ1) is 9.39. The smallest absolute Gasteiger partial charge is 0.332 e. The maximum absolute atomic E-state index is 10.6. The molecule has 0 spiro atoms. The number of ether oxygens (including phenoxy) is 2. The van der Waals surface area contributed by atoms with Gasteiger partial charge in [-0.05, 0) is 13.8 Å². The molecule has 1 N–H and O–H groups in total. The summed E-state index contributed by atoms with van der Waals surface area (Å²) in [6, 6.07) is 0. The fourth-order valence-electron chi connectivity index (χ4n) is 0.426. The van der Waals surface area contributed by atoms with E-state index in [1.165, 1.54) is 0 Å². The molecule has 0 fully saturated rings. The molecule has 0 aromatic rings. The molecule has 0 aromatic heterocycles. The Morgan fingerprint density at radius 2 is 2.20 bits per heavy atom. The molecule has 0 aliphatic heterocycles. The number of aliphatic hydroxyl groups excluding tert-OH is 1. The van der Waals surface area contributed by atoms with E-state index in [2.05, 4.69) is 9.47 Å². The van der Waals surface area contributed by atoms with Crippen LogP contribution >= 0.6 is 0 Å². The summed E-state index contributed by atoms with van der Waals surface area (Å²) in [6.45, 7) is 2.86. The van der Waals surface area contributed by atoms with Gasteiger partial charge in [0, 0.05) is 0 Å². The van der Waals surface area contributed by atoms with Gasteiger partial charge in [-0.1, -0.05) is 0 Å². The Morgan fingerprint density at radius 1 is 1.60 bits per heavy atom. The highest BCUT2D eigenvalue weighted by molar-refractivity contribution is 5.70. The first-order valence-corrected chi connectivity index (χ1v) is 3.05. The third-order valence-electron chi connectivity index (χ3n) is 0.678. The van der Waals surface area contributed by atoms with Gasteiger partial charge in [-0.15, -0.1) is 0 Å². The predicted molar refractivity (Wildman–Crippen MR) is 34.3 cm³/mol. The number of carbonyl (C=O) groups excluding carboxylic acids is 1. The zero-order valence-corrected chi connectivity index (χ0v) is 6.16. The Bertz CT molecular complexity index is 99.9. The molecule has 0 rings (SSSR count). The van der Waals surface area contributed by atoms with E-state index in [1.807, 2.05) is 0 Å². The molecule has 0 radical (unpaired) electrons. The number of aliphatic hydroxyl groups is 1. The van der Waals surface area contributed by atoms with Crippen LogP contribution in [-0.4, -0.2) is 30.6 Å². The van der Waals surface area contributed by atoms with Gasteiger partial charge in [-0.25, -0.2) is 4.79 Å². The molecule has 60 valence electrons. The van der Waals surface area contributed by atoms with Gasteiger partial charge < -0.3 is 14.6 Å². The van der Waals surface area contributed by atoms with E-state index in [9.17, 15) is 4.79 Å². The summed E-state index contributed by atoms with van der Waals surface area (Å²) in [5.74, 6) is -0.455. The topological polar surface area (TPSA) is 55.8 Å². The second-order valence-electron chi connectivity index (χ2n) is 2.02. The van der Waals surface area contributed by atoms with E-state index in [0.717, 1.165) is 0 Å². The SMILES string of the molecule is CC(C)OC(=O)COCO. The number of rotatable bonds is 4. The van der Waals surface area contributed by atoms with E-state index in [1.54, 1.807) is 13.8 Å². The van der Waals surface area contributed by atoms with Crippen molar-refractivity contribution in [3.8, 4) is 0 Å². The fraction of sp³-hybridized carbons (Fsp3) is 0.833. The number of hydrogen-bond donors (Lipinski definition) is 1. The second kappa shape index (κ2) is 5.20. The molecule has 10 heavy (non-hydrogen) atoms. The van der Waals surface area contributed by atoms with Gasteiger partial charge in [-0.2, -0.15) is 0 Å². The number of hydrogen-bond acceptors (Lipinski definition) is 4. The van der Waals surface area contributed by atoms with Crippen LogP contribution in [0, 0.1) is 0 Å². The van der Waals surface area contributed by atoms with Gasteiger partial charge in [0.05, 0.1) is 6.10 Å². The molecular formula is C6H12O4. The Morgan fingerprint density at radius 3 is 2.60 bits per heavy atom. The monoisotopic (exact) mass is 148 g/mol. The molecule has 0 unspecified atom stereocenters. The summed E-state index contributed by atoms with van der Waals surface area (Å²) in [5, 5.41) is 8.12. The van der Waals surface area contributed by atoms with Crippen LogP contribution in [0.25, 0.3) is 0 Å². The van der Waals surface area contributed by atoms with Crippen LogP contribution in [0.3, 0.4) is 0 Å². The number of esters is 1. The average molecular weight is 148 g/mol. The largest absolute Gasteiger partial charge is 0.461 e. The third-order valence-corrected chi connectivity index (χ3v) is 0.678. The maximum atomic E-state index is 10.6. The highest BCUT2D eigenvalue weighted by Gasteiger charge is 2.03. The van der Waals surface area contributed by atoms with E-state index in [0.29, 0.717) is 0 Å². The lowest BCUT2D eigenvalue weighted by molar-refractivity contribution is -0.156. The normalized spacial score (nSPS) is 10.0. The average Bonchev–Trinajstić information content (AvgIpc) is 1.82. The second-order valence-corrected chi connectivity index (χ2v) is 2.02. The first-order chi connectivity index (χ1) is 4.66.